The minimum Gasteiger partial charge on any atom is -0.456 e. The van der Waals surface area contributed by atoms with Gasteiger partial charge in [0.25, 0.3) is 0 Å². The molecule has 0 aliphatic heterocycles. The van der Waals surface area contributed by atoms with E-state index in [0.29, 0.717) is 0 Å². The van der Waals surface area contributed by atoms with Crippen molar-refractivity contribution in [2.45, 2.75) is 0 Å². The minimum atomic E-state index is 0.874. The second kappa shape index (κ2) is 13.4. The van der Waals surface area contributed by atoms with Crippen molar-refractivity contribution in [3.05, 3.63) is 212 Å². The minimum absolute atomic E-state index is 0.874. The lowest BCUT2D eigenvalue weighted by Crippen LogP contribution is -2.11. The second-order valence-electron chi connectivity index (χ2n) is 13.7. The molecule has 0 unspecified atom stereocenters. The molecule has 0 bridgehead atoms. The van der Waals surface area contributed by atoms with E-state index in [9.17, 15) is 0 Å². The lowest BCUT2D eigenvalue weighted by molar-refractivity contribution is 0.669. The fourth-order valence-corrected chi connectivity index (χ4v) is 7.86. The van der Waals surface area contributed by atoms with Crippen LogP contribution < -0.4 is 4.90 Å². The third kappa shape index (κ3) is 5.71. The summed E-state index contributed by atoms with van der Waals surface area (Å²) in [5, 5.41) is 4.68. The van der Waals surface area contributed by atoms with Gasteiger partial charge in [-0.05, 0) is 104 Å². The van der Waals surface area contributed by atoms with Crippen molar-refractivity contribution >= 4 is 49.8 Å². The van der Waals surface area contributed by atoms with Crippen molar-refractivity contribution < 1.29 is 4.42 Å². The number of furan rings is 1. The van der Waals surface area contributed by atoms with E-state index in [1.807, 2.05) is 12.1 Å². The number of para-hydroxylation sites is 2. The summed E-state index contributed by atoms with van der Waals surface area (Å²) >= 11 is 0. The first-order valence-electron chi connectivity index (χ1n) is 18.4. The molecule has 254 valence electrons. The summed E-state index contributed by atoms with van der Waals surface area (Å²) in [4.78, 5) is 2.42. The standard InChI is InChI=1S/C52H35NO/c1-3-15-36(16-4-1)41-32-42(37-17-5-2-6-18-37)34-44(33-41)53(43-29-30-52-49(35-43)48-25-10-12-28-51(48)54-52)50-27-11-9-24-47(50)40-22-13-21-39(31-40)46-26-14-20-38-19-7-8-23-45(38)46/h1-35H. The van der Waals surface area contributed by atoms with Gasteiger partial charge in [-0.3, -0.25) is 0 Å². The SMILES string of the molecule is c1ccc(-c2cc(-c3ccccc3)cc(N(c3ccc4oc5ccccc5c4c3)c3ccccc3-c3cccc(-c4cccc5ccccc45)c3)c2)cc1. The van der Waals surface area contributed by atoms with Crippen LogP contribution in [0, 0.1) is 0 Å². The van der Waals surface area contributed by atoms with Crippen molar-refractivity contribution in [1.82, 2.24) is 0 Å². The van der Waals surface area contributed by atoms with Crippen LogP contribution in [0.3, 0.4) is 0 Å². The molecule has 0 aliphatic rings. The summed E-state index contributed by atoms with van der Waals surface area (Å²) in [6.45, 7) is 0. The number of benzene rings is 9. The van der Waals surface area contributed by atoms with Crippen molar-refractivity contribution in [2.75, 3.05) is 4.90 Å². The van der Waals surface area contributed by atoms with Crippen LogP contribution in [0.1, 0.15) is 0 Å². The maximum atomic E-state index is 6.31. The number of hydrogen-bond acceptors (Lipinski definition) is 2. The first-order chi connectivity index (χ1) is 26.8. The molecule has 0 atom stereocenters. The second-order valence-corrected chi connectivity index (χ2v) is 13.7. The summed E-state index contributed by atoms with van der Waals surface area (Å²) < 4.78 is 6.31. The van der Waals surface area contributed by atoms with E-state index < -0.39 is 0 Å². The highest BCUT2D eigenvalue weighted by Gasteiger charge is 2.21. The largest absolute Gasteiger partial charge is 0.456 e. The normalized spacial score (nSPS) is 11.3. The van der Waals surface area contributed by atoms with Gasteiger partial charge in [-0.2, -0.15) is 0 Å². The fourth-order valence-electron chi connectivity index (χ4n) is 7.86. The van der Waals surface area contributed by atoms with Crippen LogP contribution in [-0.2, 0) is 0 Å². The third-order valence-corrected chi connectivity index (χ3v) is 10.4. The van der Waals surface area contributed by atoms with Crippen LogP contribution in [0.2, 0.25) is 0 Å². The third-order valence-electron chi connectivity index (χ3n) is 10.4. The molecule has 1 aromatic heterocycles. The predicted molar refractivity (Wildman–Crippen MR) is 228 cm³/mol. The van der Waals surface area contributed by atoms with Crippen molar-refractivity contribution in [3.8, 4) is 44.5 Å². The van der Waals surface area contributed by atoms with Crippen LogP contribution in [0.4, 0.5) is 17.1 Å². The Labute approximate surface area is 314 Å². The van der Waals surface area contributed by atoms with Crippen LogP contribution in [0.5, 0.6) is 0 Å². The maximum absolute atomic E-state index is 6.31. The van der Waals surface area contributed by atoms with E-state index in [4.69, 9.17) is 4.42 Å². The van der Waals surface area contributed by atoms with Gasteiger partial charge < -0.3 is 9.32 Å². The average molecular weight is 690 g/mol. The molecule has 0 N–H and O–H groups in total. The lowest BCUT2D eigenvalue weighted by Gasteiger charge is -2.29. The molecule has 2 nitrogen and oxygen atoms in total. The zero-order chi connectivity index (χ0) is 35.8. The predicted octanol–water partition coefficient (Wildman–Crippen LogP) is 14.9. The molecule has 0 spiro atoms. The molecule has 54 heavy (non-hydrogen) atoms. The molecule has 2 heteroatoms. The average Bonchev–Trinajstić information content (AvgIpc) is 3.62. The first kappa shape index (κ1) is 31.6. The Morgan fingerprint density at radius 1 is 0.296 bits per heavy atom. The molecule has 0 saturated carbocycles. The van der Waals surface area contributed by atoms with E-state index in [0.717, 1.165) is 61.3 Å². The van der Waals surface area contributed by atoms with Crippen molar-refractivity contribution in [1.29, 1.82) is 0 Å². The highest BCUT2D eigenvalue weighted by Crippen LogP contribution is 2.45. The first-order valence-corrected chi connectivity index (χ1v) is 18.4. The van der Waals surface area contributed by atoms with Crippen molar-refractivity contribution in [3.63, 3.8) is 0 Å². The number of rotatable bonds is 7. The lowest BCUT2D eigenvalue weighted by atomic mass is 9.94. The fraction of sp³-hybridized carbons (Fsp3) is 0. The van der Waals surface area contributed by atoms with Gasteiger partial charge in [-0.25, -0.2) is 0 Å². The number of fused-ring (bicyclic) bond motifs is 4. The zero-order valence-electron chi connectivity index (χ0n) is 29.6. The molecule has 9 aromatic carbocycles. The van der Waals surface area contributed by atoms with Crippen LogP contribution in [-0.4, -0.2) is 0 Å². The van der Waals surface area contributed by atoms with E-state index in [1.165, 1.54) is 33.0 Å². The Balaban J connectivity index is 1.22. The van der Waals surface area contributed by atoms with E-state index >= 15 is 0 Å². The van der Waals surface area contributed by atoms with Gasteiger partial charge in [0.15, 0.2) is 0 Å². The molecular formula is C52H35NO. The quantitative estimate of drug-likeness (QED) is 0.166. The summed E-state index contributed by atoms with van der Waals surface area (Å²) in [6, 6.07) is 76.1. The molecule has 0 amide bonds. The highest BCUT2D eigenvalue weighted by molar-refractivity contribution is 6.07. The van der Waals surface area contributed by atoms with E-state index in [2.05, 4.69) is 205 Å². The summed E-state index contributed by atoms with van der Waals surface area (Å²) in [5.41, 5.74) is 14.3. The van der Waals surface area contributed by atoms with Gasteiger partial charge in [0.05, 0.1) is 5.69 Å². The van der Waals surface area contributed by atoms with Crippen LogP contribution in [0.25, 0.3) is 77.2 Å². The highest BCUT2D eigenvalue weighted by atomic mass is 16.3. The zero-order valence-corrected chi connectivity index (χ0v) is 29.6. The van der Waals surface area contributed by atoms with E-state index in [-0.39, 0.29) is 0 Å². The number of hydrogen-bond donors (Lipinski definition) is 0. The Morgan fingerprint density at radius 2 is 0.833 bits per heavy atom. The molecule has 0 fully saturated rings. The Kier molecular flexibility index (Phi) is 7.85. The van der Waals surface area contributed by atoms with Gasteiger partial charge in [-0.1, -0.05) is 158 Å². The van der Waals surface area contributed by atoms with Crippen LogP contribution >= 0.6 is 0 Å². The maximum Gasteiger partial charge on any atom is 0.135 e. The molecule has 0 aliphatic carbocycles. The van der Waals surface area contributed by atoms with Crippen molar-refractivity contribution in [2.24, 2.45) is 0 Å². The van der Waals surface area contributed by atoms with E-state index in [1.54, 1.807) is 0 Å². The summed E-state index contributed by atoms with van der Waals surface area (Å²) in [7, 11) is 0. The smallest absolute Gasteiger partial charge is 0.135 e. The summed E-state index contributed by atoms with van der Waals surface area (Å²) in [5.74, 6) is 0. The molecule has 1 heterocycles. The Bertz CT molecular complexity index is 2880. The molecule has 10 aromatic rings. The Hall–Kier alpha value is -7.16. The number of nitrogens with zero attached hydrogens (tertiary/aromatic N) is 1. The molecule has 0 radical (unpaired) electrons. The van der Waals surface area contributed by atoms with Gasteiger partial charge in [0.2, 0.25) is 0 Å². The topological polar surface area (TPSA) is 16.4 Å². The molecule has 10 rings (SSSR count). The molecular weight excluding hydrogens is 655 g/mol. The van der Waals surface area contributed by atoms with Gasteiger partial charge in [-0.15, -0.1) is 0 Å². The monoisotopic (exact) mass is 689 g/mol. The van der Waals surface area contributed by atoms with Crippen LogP contribution in [0.15, 0.2) is 217 Å². The molecule has 0 saturated heterocycles. The van der Waals surface area contributed by atoms with Gasteiger partial charge in [0.1, 0.15) is 11.2 Å². The van der Waals surface area contributed by atoms with Gasteiger partial charge in [0, 0.05) is 27.7 Å². The Morgan fingerprint density at radius 3 is 1.61 bits per heavy atom. The number of anilines is 3. The van der Waals surface area contributed by atoms with Gasteiger partial charge >= 0.3 is 0 Å². The summed E-state index contributed by atoms with van der Waals surface area (Å²) in [6.07, 6.45) is 0.